The quantitative estimate of drug-likeness (QED) is 0.177. The van der Waals surface area contributed by atoms with E-state index in [1.165, 1.54) is 0 Å². The summed E-state index contributed by atoms with van der Waals surface area (Å²) >= 11 is 0. The van der Waals surface area contributed by atoms with Crippen molar-refractivity contribution in [3.05, 3.63) is 180 Å². The maximum atomic E-state index is 14.7. The summed E-state index contributed by atoms with van der Waals surface area (Å²) in [5.74, 6) is 0.576. The first kappa shape index (κ1) is 28.7. The summed E-state index contributed by atoms with van der Waals surface area (Å²) in [6.07, 6.45) is 0. The van der Waals surface area contributed by atoms with Crippen molar-refractivity contribution in [2.45, 2.75) is 0 Å². The molecule has 5 nitrogen and oxygen atoms in total. The number of fused-ring (bicyclic) bond motifs is 13. The van der Waals surface area contributed by atoms with Crippen LogP contribution in [0.2, 0.25) is 0 Å². The standard InChI is InChI=1S/C47H28N4O/c52-46-36-24-12-10-22-34(36)41-44(50(46)31-18-5-2-6-19-31)35-23-11-9-21-33(35)40-37-25-13-14-26-39(37)51(45(40)41)47-48-42(30-16-3-1-4-17-30)38-28-27-29-15-7-8-20-32(29)43(38)49-47/h1-28H. The van der Waals surface area contributed by atoms with Crippen LogP contribution in [0.1, 0.15) is 0 Å². The Hall–Kier alpha value is -7.11. The van der Waals surface area contributed by atoms with Crippen LogP contribution < -0.4 is 5.56 Å². The fourth-order valence-corrected chi connectivity index (χ4v) is 8.30. The maximum absolute atomic E-state index is 14.7. The molecule has 0 unspecified atom stereocenters. The highest BCUT2D eigenvalue weighted by Gasteiger charge is 2.25. The first-order chi connectivity index (χ1) is 25.8. The minimum atomic E-state index is -0.0544. The first-order valence-electron chi connectivity index (χ1n) is 17.5. The SMILES string of the molecule is O=c1c2ccccc2c2c(c3ccccc3c3c4ccccc4n(-c4nc(-c5ccccc5)c5ccc6ccccc6c5n4)c32)n1-c1ccccc1. The first-order valence-corrected chi connectivity index (χ1v) is 17.5. The number of pyridine rings is 1. The molecular formula is C47H28N4O. The molecule has 0 N–H and O–H groups in total. The Labute approximate surface area is 297 Å². The lowest BCUT2D eigenvalue weighted by Gasteiger charge is -2.19. The average molecular weight is 665 g/mol. The van der Waals surface area contributed by atoms with Gasteiger partial charge in [-0.05, 0) is 46.5 Å². The van der Waals surface area contributed by atoms with E-state index >= 15 is 0 Å². The van der Waals surface area contributed by atoms with E-state index in [9.17, 15) is 4.79 Å². The van der Waals surface area contributed by atoms with Crippen LogP contribution >= 0.6 is 0 Å². The predicted molar refractivity (Wildman–Crippen MR) is 215 cm³/mol. The van der Waals surface area contributed by atoms with Gasteiger partial charge in [0.2, 0.25) is 5.95 Å². The van der Waals surface area contributed by atoms with Crippen molar-refractivity contribution in [1.29, 1.82) is 0 Å². The van der Waals surface area contributed by atoms with Gasteiger partial charge in [-0.25, -0.2) is 9.97 Å². The minimum Gasteiger partial charge on any atom is -0.277 e. The maximum Gasteiger partial charge on any atom is 0.263 e. The van der Waals surface area contributed by atoms with Gasteiger partial charge in [-0.1, -0.05) is 140 Å². The van der Waals surface area contributed by atoms with Gasteiger partial charge in [0, 0.05) is 49.0 Å². The molecule has 0 amide bonds. The fourth-order valence-electron chi connectivity index (χ4n) is 8.30. The van der Waals surface area contributed by atoms with Crippen molar-refractivity contribution < 1.29 is 0 Å². The predicted octanol–water partition coefficient (Wildman–Crippen LogP) is 11.2. The summed E-state index contributed by atoms with van der Waals surface area (Å²) in [7, 11) is 0. The number of rotatable bonds is 3. The molecule has 8 aromatic carbocycles. The Morgan fingerprint density at radius 3 is 1.77 bits per heavy atom. The van der Waals surface area contributed by atoms with Gasteiger partial charge in [-0.15, -0.1) is 0 Å². The summed E-state index contributed by atoms with van der Waals surface area (Å²) < 4.78 is 4.13. The van der Waals surface area contributed by atoms with Crippen LogP contribution in [0, 0.1) is 0 Å². The molecule has 0 saturated carbocycles. The molecule has 0 radical (unpaired) electrons. The number of hydrogen-bond acceptors (Lipinski definition) is 3. The van der Waals surface area contributed by atoms with Crippen LogP contribution in [-0.4, -0.2) is 19.1 Å². The number of para-hydroxylation sites is 2. The molecule has 3 heterocycles. The highest BCUT2D eigenvalue weighted by atomic mass is 16.1. The van der Waals surface area contributed by atoms with Crippen molar-refractivity contribution >= 4 is 75.9 Å². The molecule has 3 aromatic heterocycles. The summed E-state index contributed by atoms with van der Waals surface area (Å²) in [5, 5.41) is 9.98. The third-order valence-electron chi connectivity index (χ3n) is 10.5. The molecule has 0 aliphatic carbocycles. The van der Waals surface area contributed by atoms with E-state index < -0.39 is 0 Å². The fraction of sp³-hybridized carbons (Fsp3) is 0. The molecule has 0 aliphatic rings. The van der Waals surface area contributed by atoms with E-state index in [1.54, 1.807) is 0 Å². The van der Waals surface area contributed by atoms with Crippen molar-refractivity contribution in [2.24, 2.45) is 0 Å². The molecule has 0 spiro atoms. The second kappa shape index (κ2) is 10.9. The molecule has 0 saturated heterocycles. The zero-order valence-electron chi connectivity index (χ0n) is 27.9. The molecule has 11 rings (SSSR count). The van der Waals surface area contributed by atoms with Crippen LogP contribution in [0.4, 0.5) is 0 Å². The third kappa shape index (κ3) is 3.96. The minimum absolute atomic E-state index is 0.0544. The Balaban J connectivity index is 1.44. The molecule has 52 heavy (non-hydrogen) atoms. The normalized spacial score (nSPS) is 11.9. The monoisotopic (exact) mass is 664 g/mol. The Morgan fingerprint density at radius 2 is 1.00 bits per heavy atom. The topological polar surface area (TPSA) is 52.7 Å². The molecular weight excluding hydrogens is 637 g/mol. The molecule has 5 heteroatoms. The highest BCUT2D eigenvalue weighted by Crippen LogP contribution is 2.44. The van der Waals surface area contributed by atoms with E-state index in [4.69, 9.17) is 9.97 Å². The lowest BCUT2D eigenvalue weighted by Crippen LogP contribution is -2.19. The number of aromatic nitrogens is 4. The van der Waals surface area contributed by atoms with E-state index in [-0.39, 0.29) is 5.56 Å². The van der Waals surface area contributed by atoms with Crippen LogP contribution in [0.5, 0.6) is 0 Å². The van der Waals surface area contributed by atoms with Crippen LogP contribution in [0.3, 0.4) is 0 Å². The van der Waals surface area contributed by atoms with Crippen LogP contribution in [-0.2, 0) is 0 Å². The van der Waals surface area contributed by atoms with E-state index in [0.717, 1.165) is 87.5 Å². The summed E-state index contributed by atoms with van der Waals surface area (Å²) in [6.45, 7) is 0. The van der Waals surface area contributed by atoms with Gasteiger partial charge in [0.25, 0.3) is 5.56 Å². The lowest BCUT2D eigenvalue weighted by atomic mass is 9.96. The number of benzene rings is 8. The van der Waals surface area contributed by atoms with Gasteiger partial charge < -0.3 is 0 Å². The van der Waals surface area contributed by atoms with Gasteiger partial charge in [-0.2, -0.15) is 0 Å². The molecule has 0 aliphatic heterocycles. The van der Waals surface area contributed by atoms with Gasteiger partial charge >= 0.3 is 0 Å². The molecule has 0 fully saturated rings. The second-order valence-electron chi connectivity index (χ2n) is 13.3. The Bertz CT molecular complexity index is 3310. The van der Waals surface area contributed by atoms with Gasteiger partial charge in [0.1, 0.15) is 0 Å². The molecule has 0 atom stereocenters. The molecule has 0 bridgehead atoms. The van der Waals surface area contributed by atoms with Crippen LogP contribution in [0.25, 0.3) is 98.8 Å². The van der Waals surface area contributed by atoms with Crippen molar-refractivity contribution in [3.8, 4) is 22.9 Å². The lowest BCUT2D eigenvalue weighted by molar-refractivity contribution is 1.02. The molecule has 242 valence electrons. The van der Waals surface area contributed by atoms with E-state index in [2.05, 4.69) is 120 Å². The zero-order chi connectivity index (χ0) is 34.3. The zero-order valence-corrected chi connectivity index (χ0v) is 27.9. The van der Waals surface area contributed by atoms with Crippen molar-refractivity contribution in [3.63, 3.8) is 0 Å². The summed E-state index contributed by atoms with van der Waals surface area (Å²) in [4.78, 5) is 25.6. The largest absolute Gasteiger partial charge is 0.277 e. The van der Waals surface area contributed by atoms with Gasteiger partial charge in [0.05, 0.1) is 27.8 Å². The average Bonchev–Trinajstić information content (AvgIpc) is 3.56. The van der Waals surface area contributed by atoms with Gasteiger partial charge in [0.15, 0.2) is 0 Å². The summed E-state index contributed by atoms with van der Waals surface area (Å²) in [6, 6.07) is 58.0. The Morgan fingerprint density at radius 1 is 0.404 bits per heavy atom. The number of hydrogen-bond donors (Lipinski definition) is 0. The van der Waals surface area contributed by atoms with Gasteiger partial charge in [-0.3, -0.25) is 13.9 Å². The second-order valence-corrected chi connectivity index (χ2v) is 13.3. The summed E-state index contributed by atoms with van der Waals surface area (Å²) in [5.41, 5.74) is 6.36. The third-order valence-corrected chi connectivity index (χ3v) is 10.5. The number of nitrogens with zero attached hydrogens (tertiary/aromatic N) is 4. The van der Waals surface area contributed by atoms with Crippen molar-refractivity contribution in [1.82, 2.24) is 19.1 Å². The Kier molecular flexibility index (Phi) is 6.04. The van der Waals surface area contributed by atoms with E-state index in [0.29, 0.717) is 11.3 Å². The molecule has 11 aromatic rings. The van der Waals surface area contributed by atoms with Crippen LogP contribution in [0.15, 0.2) is 175 Å². The highest BCUT2D eigenvalue weighted by molar-refractivity contribution is 6.35. The van der Waals surface area contributed by atoms with Crippen molar-refractivity contribution in [2.75, 3.05) is 0 Å². The van der Waals surface area contributed by atoms with E-state index in [1.807, 2.05) is 59.2 Å². The smallest absolute Gasteiger partial charge is 0.263 e.